The second-order valence-electron chi connectivity index (χ2n) is 7.08. The van der Waals surface area contributed by atoms with Gasteiger partial charge in [-0.2, -0.15) is 0 Å². The molecule has 1 amide bonds. The molecule has 0 fully saturated rings. The van der Waals surface area contributed by atoms with Gasteiger partial charge in [0.1, 0.15) is 5.58 Å². The van der Waals surface area contributed by atoms with Gasteiger partial charge in [0.25, 0.3) is 0 Å². The Bertz CT molecular complexity index is 1110. The molecule has 1 aromatic heterocycles. The predicted octanol–water partition coefficient (Wildman–Crippen LogP) is 3.95. The maximum absolute atomic E-state index is 12.5. The minimum Gasteiger partial charge on any atom is -0.464 e. The average Bonchev–Trinajstić information content (AvgIpc) is 3.02. The van der Waals surface area contributed by atoms with Crippen LogP contribution in [0.15, 0.2) is 52.0 Å². The molecular formula is C21H24N2O4S. The molecule has 0 bridgehead atoms. The third kappa shape index (κ3) is 4.10. The Morgan fingerprint density at radius 3 is 2.43 bits per heavy atom. The van der Waals surface area contributed by atoms with Gasteiger partial charge in [0.2, 0.25) is 15.9 Å². The largest absolute Gasteiger partial charge is 0.464 e. The summed E-state index contributed by atoms with van der Waals surface area (Å²) in [6.45, 7) is 6.33. The molecule has 0 atom stereocenters. The number of aryl methyl sites for hydroxylation is 1. The van der Waals surface area contributed by atoms with Crippen molar-refractivity contribution in [3.05, 3.63) is 59.4 Å². The van der Waals surface area contributed by atoms with Crippen molar-refractivity contribution in [3.63, 3.8) is 0 Å². The van der Waals surface area contributed by atoms with Crippen LogP contribution in [0.25, 0.3) is 11.0 Å². The Kier molecular flexibility index (Phi) is 5.58. The molecule has 7 heteroatoms. The van der Waals surface area contributed by atoms with E-state index in [1.54, 1.807) is 18.4 Å². The zero-order valence-corrected chi connectivity index (χ0v) is 17.2. The summed E-state index contributed by atoms with van der Waals surface area (Å²) in [5, 5.41) is 3.74. The highest BCUT2D eigenvalue weighted by atomic mass is 32.2. The number of furan rings is 1. The Morgan fingerprint density at radius 1 is 1.14 bits per heavy atom. The highest BCUT2D eigenvalue weighted by molar-refractivity contribution is 7.89. The first-order valence-electron chi connectivity index (χ1n) is 9.05. The van der Waals surface area contributed by atoms with Gasteiger partial charge >= 0.3 is 0 Å². The van der Waals surface area contributed by atoms with E-state index >= 15 is 0 Å². The van der Waals surface area contributed by atoms with E-state index in [1.165, 1.54) is 30.3 Å². The number of anilines is 1. The highest BCUT2D eigenvalue weighted by Gasteiger charge is 2.15. The van der Waals surface area contributed by atoms with Crippen molar-refractivity contribution in [1.29, 1.82) is 0 Å². The predicted molar refractivity (Wildman–Crippen MR) is 110 cm³/mol. The van der Waals surface area contributed by atoms with Crippen LogP contribution < -0.4 is 10.0 Å². The molecule has 0 spiro atoms. The molecule has 1 heterocycles. The Hall–Kier alpha value is -2.64. The van der Waals surface area contributed by atoms with Crippen LogP contribution in [-0.2, 0) is 21.2 Å². The van der Waals surface area contributed by atoms with Gasteiger partial charge in [0.15, 0.2) is 0 Å². The standard InChI is InChI=1S/C21H24N2O4S/c1-13(2)18-11-19-15(12-27-20(19)9-14(18)3)10-21(24)23-16-5-7-17(8-6-16)28(25,26)22-4/h5-9,11-13,22H,10H2,1-4H3,(H,23,24). The number of rotatable bonds is 6. The number of carbonyl (C=O) groups excluding carboxylic acids is 1. The number of hydrogen-bond donors (Lipinski definition) is 2. The number of hydrogen-bond acceptors (Lipinski definition) is 4. The first kappa shape index (κ1) is 20.1. The molecule has 0 aliphatic rings. The molecule has 6 nitrogen and oxygen atoms in total. The van der Waals surface area contributed by atoms with Gasteiger partial charge in [-0.3, -0.25) is 4.79 Å². The monoisotopic (exact) mass is 400 g/mol. The Labute approximate surface area is 165 Å². The zero-order valence-electron chi connectivity index (χ0n) is 16.4. The number of carbonyl (C=O) groups is 1. The molecule has 2 N–H and O–H groups in total. The van der Waals surface area contributed by atoms with E-state index in [0.29, 0.717) is 11.6 Å². The molecule has 0 aliphatic carbocycles. The van der Waals surface area contributed by atoms with Crippen molar-refractivity contribution in [2.75, 3.05) is 12.4 Å². The van der Waals surface area contributed by atoms with Crippen LogP contribution in [0.5, 0.6) is 0 Å². The summed E-state index contributed by atoms with van der Waals surface area (Å²) < 4.78 is 31.4. The quantitative estimate of drug-likeness (QED) is 0.656. The lowest BCUT2D eigenvalue weighted by Gasteiger charge is -2.10. The van der Waals surface area contributed by atoms with E-state index in [1.807, 2.05) is 6.07 Å². The van der Waals surface area contributed by atoms with Crippen LogP contribution in [0.2, 0.25) is 0 Å². The maximum atomic E-state index is 12.5. The molecule has 148 valence electrons. The van der Waals surface area contributed by atoms with Crippen molar-refractivity contribution in [1.82, 2.24) is 4.72 Å². The third-order valence-corrected chi connectivity index (χ3v) is 6.16. The van der Waals surface area contributed by atoms with Crippen LogP contribution in [0.4, 0.5) is 5.69 Å². The first-order chi connectivity index (χ1) is 13.2. The van der Waals surface area contributed by atoms with E-state index in [0.717, 1.165) is 16.5 Å². The average molecular weight is 401 g/mol. The normalized spacial score (nSPS) is 11.9. The van der Waals surface area contributed by atoms with Crippen LogP contribution in [0.1, 0.15) is 36.5 Å². The SMILES string of the molecule is CNS(=O)(=O)c1ccc(NC(=O)Cc2coc3cc(C)c(C(C)C)cc23)cc1. The minimum absolute atomic E-state index is 0.144. The second kappa shape index (κ2) is 7.77. The second-order valence-corrected chi connectivity index (χ2v) is 8.96. The van der Waals surface area contributed by atoms with Gasteiger partial charge < -0.3 is 9.73 Å². The van der Waals surface area contributed by atoms with Crippen LogP contribution in [0, 0.1) is 6.92 Å². The van der Waals surface area contributed by atoms with E-state index in [9.17, 15) is 13.2 Å². The molecule has 0 saturated carbocycles. The van der Waals surface area contributed by atoms with Gasteiger partial charge in [0.05, 0.1) is 17.6 Å². The number of sulfonamides is 1. The lowest BCUT2D eigenvalue weighted by atomic mass is 9.95. The number of amides is 1. The van der Waals surface area contributed by atoms with Crippen molar-refractivity contribution in [2.24, 2.45) is 0 Å². The van der Waals surface area contributed by atoms with Gasteiger partial charge in [-0.25, -0.2) is 13.1 Å². The van der Waals surface area contributed by atoms with Gasteiger partial charge in [-0.05, 0) is 67.4 Å². The van der Waals surface area contributed by atoms with Gasteiger partial charge in [0, 0.05) is 16.6 Å². The summed E-state index contributed by atoms with van der Waals surface area (Å²) >= 11 is 0. The molecule has 28 heavy (non-hydrogen) atoms. The summed E-state index contributed by atoms with van der Waals surface area (Å²) in [4.78, 5) is 12.6. The van der Waals surface area contributed by atoms with E-state index < -0.39 is 10.0 Å². The fourth-order valence-electron chi connectivity index (χ4n) is 3.22. The van der Waals surface area contributed by atoms with Crippen LogP contribution >= 0.6 is 0 Å². The lowest BCUT2D eigenvalue weighted by Crippen LogP contribution is -2.18. The molecule has 0 unspecified atom stereocenters. The van der Waals surface area contributed by atoms with Crippen LogP contribution in [-0.4, -0.2) is 21.4 Å². The number of nitrogens with one attached hydrogen (secondary N) is 2. The van der Waals surface area contributed by atoms with E-state index in [-0.39, 0.29) is 17.2 Å². The molecule has 0 aliphatic heterocycles. The maximum Gasteiger partial charge on any atom is 0.240 e. The highest BCUT2D eigenvalue weighted by Crippen LogP contribution is 2.29. The van der Waals surface area contributed by atoms with Crippen molar-refractivity contribution in [2.45, 2.75) is 38.0 Å². The Morgan fingerprint density at radius 2 is 1.82 bits per heavy atom. The molecule has 0 saturated heterocycles. The molecule has 3 rings (SSSR count). The van der Waals surface area contributed by atoms with E-state index in [4.69, 9.17) is 4.42 Å². The summed E-state index contributed by atoms with van der Waals surface area (Å²) in [5.74, 6) is 0.187. The van der Waals surface area contributed by atoms with Crippen molar-refractivity contribution >= 4 is 32.6 Å². The summed E-state index contributed by atoms with van der Waals surface area (Å²) in [6.07, 6.45) is 1.79. The Balaban J connectivity index is 1.77. The smallest absolute Gasteiger partial charge is 0.240 e. The van der Waals surface area contributed by atoms with E-state index in [2.05, 4.69) is 36.9 Å². The summed E-state index contributed by atoms with van der Waals surface area (Å²) in [6, 6.07) is 10.1. The topological polar surface area (TPSA) is 88.4 Å². The van der Waals surface area contributed by atoms with Gasteiger partial charge in [-0.15, -0.1) is 0 Å². The molecular weight excluding hydrogens is 376 g/mol. The molecule has 2 aromatic carbocycles. The third-order valence-electron chi connectivity index (χ3n) is 4.73. The summed E-state index contributed by atoms with van der Waals surface area (Å²) in [7, 11) is -2.15. The van der Waals surface area contributed by atoms with Crippen LogP contribution in [0.3, 0.4) is 0 Å². The first-order valence-corrected chi connectivity index (χ1v) is 10.5. The fraction of sp³-hybridized carbons (Fsp3) is 0.286. The molecule has 3 aromatic rings. The number of fused-ring (bicyclic) bond motifs is 1. The lowest BCUT2D eigenvalue weighted by molar-refractivity contribution is -0.115. The fourth-order valence-corrected chi connectivity index (χ4v) is 3.95. The minimum atomic E-state index is -3.50. The van der Waals surface area contributed by atoms with Crippen molar-refractivity contribution in [3.8, 4) is 0 Å². The molecule has 0 radical (unpaired) electrons. The van der Waals surface area contributed by atoms with Crippen molar-refractivity contribution < 1.29 is 17.6 Å². The summed E-state index contributed by atoms with van der Waals surface area (Å²) in [5.41, 5.74) is 4.53. The number of benzene rings is 2. The zero-order chi connectivity index (χ0) is 20.5. The van der Waals surface area contributed by atoms with Gasteiger partial charge in [-0.1, -0.05) is 13.8 Å².